The number of carboxylic acids is 2. The number of nitrogens with two attached hydrogens (primary N) is 2. The highest BCUT2D eigenvalue weighted by Crippen LogP contribution is 2.07. The lowest BCUT2D eigenvalue weighted by Gasteiger charge is -2.25. The first-order chi connectivity index (χ1) is 13.7. The molecule has 0 saturated carbocycles. The lowest BCUT2D eigenvalue weighted by Crippen LogP contribution is -2.57. The van der Waals surface area contributed by atoms with Gasteiger partial charge in [0, 0.05) is 0 Å². The largest absolute Gasteiger partial charge is 0.481 e. The van der Waals surface area contributed by atoms with Crippen molar-refractivity contribution in [2.75, 3.05) is 0 Å². The molecule has 0 aromatic carbocycles. The van der Waals surface area contributed by atoms with Crippen molar-refractivity contribution in [3.63, 3.8) is 0 Å². The van der Waals surface area contributed by atoms with E-state index in [1.807, 2.05) is 0 Å². The molecule has 4 unspecified atom stereocenters. The molecule has 0 rings (SSSR count). The topological polar surface area (TPSA) is 231 Å². The Labute approximate surface area is 172 Å². The average Bonchev–Trinajstić information content (AvgIpc) is 2.58. The highest BCUT2D eigenvalue weighted by atomic mass is 16.4. The van der Waals surface area contributed by atoms with Gasteiger partial charge in [-0.25, -0.2) is 4.79 Å². The summed E-state index contributed by atoms with van der Waals surface area (Å²) in [4.78, 5) is 70.1. The number of primary amides is 1. The predicted octanol–water partition coefficient (Wildman–Crippen LogP) is -2.73. The molecule has 0 bridgehead atoms. The summed E-state index contributed by atoms with van der Waals surface area (Å²) in [5.74, 6) is -6.59. The molecule has 13 heteroatoms. The Morgan fingerprint density at radius 2 is 1.23 bits per heavy atom. The Kier molecular flexibility index (Phi) is 11.0. The van der Waals surface area contributed by atoms with E-state index in [0.29, 0.717) is 0 Å². The summed E-state index contributed by atoms with van der Waals surface area (Å²) in [5.41, 5.74) is 10.4. The van der Waals surface area contributed by atoms with Gasteiger partial charge in [0.05, 0.1) is 18.9 Å². The molecule has 0 aliphatic carbocycles. The van der Waals surface area contributed by atoms with Crippen molar-refractivity contribution in [3.8, 4) is 0 Å². The van der Waals surface area contributed by atoms with Gasteiger partial charge in [0.25, 0.3) is 0 Å². The zero-order chi connectivity index (χ0) is 23.6. The minimum absolute atomic E-state index is 0.0709. The Balaban J connectivity index is 5.47. The molecule has 0 fully saturated rings. The van der Waals surface area contributed by atoms with E-state index in [9.17, 15) is 28.8 Å². The van der Waals surface area contributed by atoms with E-state index < -0.39 is 72.6 Å². The third kappa shape index (κ3) is 10.4. The Bertz CT molecular complexity index is 679. The van der Waals surface area contributed by atoms with Crippen LogP contribution in [-0.2, 0) is 28.8 Å². The maximum absolute atomic E-state index is 12.5. The smallest absolute Gasteiger partial charge is 0.326 e. The van der Waals surface area contributed by atoms with Crippen LogP contribution < -0.4 is 27.4 Å². The first-order valence-corrected chi connectivity index (χ1v) is 9.14. The molecule has 170 valence electrons. The number of hydrogen-bond acceptors (Lipinski definition) is 7. The quantitative estimate of drug-likeness (QED) is 0.160. The number of carbonyl (C=O) groups is 6. The van der Waals surface area contributed by atoms with E-state index in [-0.39, 0.29) is 12.3 Å². The average molecular weight is 431 g/mol. The van der Waals surface area contributed by atoms with Crippen LogP contribution in [0, 0.1) is 5.92 Å². The van der Waals surface area contributed by atoms with Gasteiger partial charge in [0.1, 0.15) is 18.1 Å². The van der Waals surface area contributed by atoms with Crippen molar-refractivity contribution in [1.29, 1.82) is 0 Å². The van der Waals surface area contributed by atoms with Crippen LogP contribution in [0.5, 0.6) is 0 Å². The van der Waals surface area contributed by atoms with Crippen LogP contribution >= 0.6 is 0 Å². The maximum atomic E-state index is 12.5. The van der Waals surface area contributed by atoms with E-state index in [0.717, 1.165) is 0 Å². The molecule has 13 nitrogen and oxygen atoms in total. The van der Waals surface area contributed by atoms with Crippen molar-refractivity contribution in [1.82, 2.24) is 16.0 Å². The fraction of sp³-hybridized carbons (Fsp3) is 0.647. The van der Waals surface area contributed by atoms with Gasteiger partial charge in [-0.05, 0) is 19.3 Å². The van der Waals surface area contributed by atoms with Crippen LogP contribution in [0.4, 0.5) is 0 Å². The molecule has 0 radical (unpaired) electrons. The molecular formula is C17H29N5O8. The number of carbonyl (C=O) groups excluding carboxylic acids is 4. The zero-order valence-corrected chi connectivity index (χ0v) is 17.0. The Morgan fingerprint density at radius 3 is 1.63 bits per heavy atom. The maximum Gasteiger partial charge on any atom is 0.326 e. The number of carboxylic acid groups (broad SMARTS) is 2. The summed E-state index contributed by atoms with van der Waals surface area (Å²) in [5, 5.41) is 24.7. The molecule has 0 aliphatic rings. The molecule has 0 heterocycles. The van der Waals surface area contributed by atoms with E-state index in [2.05, 4.69) is 16.0 Å². The van der Waals surface area contributed by atoms with Gasteiger partial charge in [-0.3, -0.25) is 24.0 Å². The van der Waals surface area contributed by atoms with Crippen molar-refractivity contribution >= 4 is 35.6 Å². The lowest BCUT2D eigenvalue weighted by atomic mass is 10.0. The second kappa shape index (κ2) is 12.4. The predicted molar refractivity (Wildman–Crippen MR) is 103 cm³/mol. The minimum Gasteiger partial charge on any atom is -0.481 e. The number of aliphatic carboxylic acids is 2. The highest BCUT2D eigenvalue weighted by Gasteiger charge is 2.31. The normalized spacial score (nSPS) is 14.7. The third-order valence-electron chi connectivity index (χ3n) is 3.79. The Morgan fingerprint density at radius 1 is 0.767 bits per heavy atom. The molecule has 0 aromatic rings. The fourth-order valence-electron chi connectivity index (χ4n) is 2.34. The first kappa shape index (κ1) is 26.8. The van der Waals surface area contributed by atoms with Gasteiger partial charge in [-0.2, -0.15) is 0 Å². The van der Waals surface area contributed by atoms with Crippen LogP contribution in [0.3, 0.4) is 0 Å². The number of nitrogens with one attached hydrogen (secondary N) is 3. The van der Waals surface area contributed by atoms with Gasteiger partial charge in [-0.15, -0.1) is 0 Å². The summed E-state index contributed by atoms with van der Waals surface area (Å²) in [7, 11) is 0. The van der Waals surface area contributed by atoms with Gasteiger partial charge in [-0.1, -0.05) is 13.8 Å². The van der Waals surface area contributed by atoms with Crippen LogP contribution in [0.15, 0.2) is 0 Å². The van der Waals surface area contributed by atoms with Crippen LogP contribution in [0.2, 0.25) is 0 Å². The van der Waals surface area contributed by atoms with Crippen LogP contribution in [-0.4, -0.2) is 69.9 Å². The van der Waals surface area contributed by atoms with Crippen molar-refractivity contribution < 1.29 is 39.0 Å². The van der Waals surface area contributed by atoms with E-state index in [4.69, 9.17) is 21.7 Å². The van der Waals surface area contributed by atoms with Gasteiger partial charge >= 0.3 is 11.9 Å². The minimum atomic E-state index is -1.60. The number of amides is 4. The molecule has 0 saturated heterocycles. The summed E-state index contributed by atoms with van der Waals surface area (Å²) >= 11 is 0. The molecule has 4 atom stereocenters. The second-order valence-corrected chi connectivity index (χ2v) is 7.21. The molecule has 30 heavy (non-hydrogen) atoms. The molecule has 0 aliphatic heterocycles. The SMILES string of the molecule is CC(C)CC(NC(=O)C(CC(=O)O)NC(=O)C(C)N)C(=O)NC(CC(N)=O)C(=O)O. The van der Waals surface area contributed by atoms with Crippen LogP contribution in [0.25, 0.3) is 0 Å². The molecule has 9 N–H and O–H groups in total. The molecule has 0 spiro atoms. The first-order valence-electron chi connectivity index (χ1n) is 9.14. The van der Waals surface area contributed by atoms with E-state index in [1.54, 1.807) is 13.8 Å². The molecule has 0 aromatic heterocycles. The van der Waals surface area contributed by atoms with Crippen molar-refractivity contribution in [3.05, 3.63) is 0 Å². The Hall–Kier alpha value is -3.22. The summed E-state index contributed by atoms with van der Waals surface area (Å²) < 4.78 is 0. The summed E-state index contributed by atoms with van der Waals surface area (Å²) in [6.45, 7) is 4.80. The molecule has 4 amide bonds. The lowest BCUT2D eigenvalue weighted by molar-refractivity contribution is -0.144. The standard InChI is InChI=1S/C17H29N5O8/c1-7(2)4-9(15(27)22-11(17(29)30)5-12(19)23)21-16(28)10(6-13(24)25)20-14(26)8(3)18/h7-11H,4-6,18H2,1-3H3,(H2,19,23)(H,20,26)(H,21,28)(H,22,27)(H,24,25)(H,29,30). The van der Waals surface area contributed by atoms with Crippen molar-refractivity contribution in [2.45, 2.75) is 64.2 Å². The van der Waals surface area contributed by atoms with Crippen molar-refractivity contribution in [2.24, 2.45) is 17.4 Å². The van der Waals surface area contributed by atoms with E-state index in [1.165, 1.54) is 6.92 Å². The van der Waals surface area contributed by atoms with Gasteiger partial charge in [0.15, 0.2) is 0 Å². The number of rotatable bonds is 13. The van der Waals surface area contributed by atoms with Crippen LogP contribution in [0.1, 0.15) is 40.0 Å². The number of hydrogen-bond donors (Lipinski definition) is 7. The highest BCUT2D eigenvalue weighted by molar-refractivity contribution is 5.96. The molecular weight excluding hydrogens is 402 g/mol. The van der Waals surface area contributed by atoms with E-state index >= 15 is 0 Å². The van der Waals surface area contributed by atoms with Gasteiger partial charge < -0.3 is 37.6 Å². The fourth-order valence-corrected chi connectivity index (χ4v) is 2.34. The van der Waals surface area contributed by atoms with Gasteiger partial charge in [0.2, 0.25) is 23.6 Å². The monoisotopic (exact) mass is 431 g/mol. The summed E-state index contributed by atoms with van der Waals surface area (Å²) in [6, 6.07) is -5.37. The zero-order valence-electron chi connectivity index (χ0n) is 17.0. The second-order valence-electron chi connectivity index (χ2n) is 7.21. The summed E-state index contributed by atoms with van der Waals surface area (Å²) in [6.07, 6.45) is -1.35. The third-order valence-corrected chi connectivity index (χ3v) is 3.79.